The van der Waals surface area contributed by atoms with Crippen LogP contribution in [0.15, 0.2) is 0 Å². The Balaban J connectivity index is 2.37. The van der Waals surface area contributed by atoms with E-state index < -0.39 is 0 Å². The summed E-state index contributed by atoms with van der Waals surface area (Å²) in [4.78, 5) is 9.95. The molecule has 0 N–H and O–H groups in total. The van der Waals surface area contributed by atoms with Crippen molar-refractivity contribution in [3.8, 4) is 0 Å². The van der Waals surface area contributed by atoms with Crippen molar-refractivity contribution in [2.45, 2.75) is 0 Å². The van der Waals surface area contributed by atoms with Gasteiger partial charge in [-0.15, -0.1) is 0 Å². The van der Waals surface area contributed by atoms with Crippen LogP contribution in [0.5, 0.6) is 0 Å². The largest absolute Gasteiger partial charge is 0.349 e. The molecule has 0 spiro atoms. The Kier molecular flexibility index (Phi) is 0.759. The summed E-state index contributed by atoms with van der Waals surface area (Å²) in [6, 6.07) is 0. The highest BCUT2D eigenvalue weighted by molar-refractivity contribution is 5.77. The minimum Gasteiger partial charge on any atom is -0.349 e. The molecule has 1 fully saturated rings. The van der Waals surface area contributed by atoms with E-state index in [4.69, 9.17) is 0 Å². The fraction of sp³-hybridized carbons (Fsp3) is 0.667. The molecule has 0 atom stereocenters. The molecule has 1 heterocycles. The van der Waals surface area contributed by atoms with Crippen LogP contribution in [-0.2, 0) is 9.53 Å². The Labute approximate surface area is 35.3 Å². The molecule has 1 amide bonds. The van der Waals surface area contributed by atoms with E-state index in [2.05, 4.69) is 10.1 Å². The molecule has 1 radical (unpaired) electrons. The summed E-state index contributed by atoms with van der Waals surface area (Å²) >= 11 is 0. The minimum absolute atomic E-state index is 0.144. The maximum atomic E-state index is 9.95. The number of ether oxygens (including phenoxy) is 1. The zero-order valence-electron chi connectivity index (χ0n) is 3.18. The van der Waals surface area contributed by atoms with Crippen LogP contribution in [0.1, 0.15) is 0 Å². The van der Waals surface area contributed by atoms with Gasteiger partial charge >= 0.3 is 0 Å². The molecule has 0 aromatic heterocycles. The van der Waals surface area contributed by atoms with Crippen molar-refractivity contribution in [1.29, 1.82) is 0 Å². The Hall–Kier alpha value is -0.570. The molecule has 0 aromatic carbocycles. The summed E-state index contributed by atoms with van der Waals surface area (Å²) in [5.41, 5.74) is 0. The topological polar surface area (TPSA) is 40.4 Å². The predicted molar refractivity (Wildman–Crippen MR) is 18.0 cm³/mol. The van der Waals surface area contributed by atoms with Gasteiger partial charge in [-0.2, -0.15) is 0 Å². The number of nitrogens with zero attached hydrogens (tertiary/aromatic N) is 1. The third kappa shape index (κ3) is 0.490. The predicted octanol–water partition coefficient (Wildman–Crippen LogP) is -0.895. The molecule has 1 rings (SSSR count). The Bertz CT molecular complexity index is 63.2. The van der Waals surface area contributed by atoms with Crippen molar-refractivity contribution >= 4 is 5.91 Å². The second kappa shape index (κ2) is 1.26. The van der Waals surface area contributed by atoms with Gasteiger partial charge in [0, 0.05) is 0 Å². The van der Waals surface area contributed by atoms with E-state index in [0.717, 1.165) is 0 Å². The van der Waals surface area contributed by atoms with Crippen molar-refractivity contribution in [3.63, 3.8) is 0 Å². The van der Waals surface area contributed by atoms with Gasteiger partial charge in [0.15, 0.2) is 0 Å². The Morgan fingerprint density at radius 3 is 2.83 bits per heavy atom. The van der Waals surface area contributed by atoms with Gasteiger partial charge in [0.2, 0.25) is 0 Å². The first-order valence-corrected chi connectivity index (χ1v) is 1.67. The number of hydrogen-bond acceptors (Lipinski definition) is 2. The fourth-order valence-electron chi connectivity index (χ4n) is 0.296. The van der Waals surface area contributed by atoms with Gasteiger partial charge in [-0.1, -0.05) is 0 Å². The highest BCUT2D eigenvalue weighted by Crippen LogP contribution is 1.82. The molecule has 1 aliphatic rings. The second-order valence-corrected chi connectivity index (χ2v) is 1.03. The van der Waals surface area contributed by atoms with Crippen LogP contribution < -0.4 is 5.32 Å². The number of rotatable bonds is 0. The highest BCUT2D eigenvalue weighted by atomic mass is 16.5. The molecule has 3 heteroatoms. The van der Waals surface area contributed by atoms with Crippen LogP contribution in [0.4, 0.5) is 0 Å². The van der Waals surface area contributed by atoms with Crippen molar-refractivity contribution in [2.75, 3.05) is 13.3 Å². The zero-order valence-corrected chi connectivity index (χ0v) is 3.18. The van der Waals surface area contributed by atoms with Gasteiger partial charge in [-0.25, -0.2) is 5.32 Å². The summed E-state index contributed by atoms with van der Waals surface area (Å²) in [5.74, 6) is -0.144. The average Bonchev–Trinajstić information content (AvgIpc) is 1.86. The Morgan fingerprint density at radius 1 is 1.83 bits per heavy atom. The summed E-state index contributed by atoms with van der Waals surface area (Å²) in [7, 11) is 0. The van der Waals surface area contributed by atoms with Crippen LogP contribution in [0.25, 0.3) is 0 Å². The summed E-state index contributed by atoms with van der Waals surface area (Å²) < 4.78 is 4.54. The molecule has 33 valence electrons. The van der Waals surface area contributed by atoms with Gasteiger partial charge in [0.05, 0.1) is 0 Å². The number of carbonyl (C=O) groups is 1. The van der Waals surface area contributed by atoms with E-state index >= 15 is 0 Å². The zero-order chi connectivity index (χ0) is 4.41. The highest BCUT2D eigenvalue weighted by Gasteiger charge is 2.08. The summed E-state index contributed by atoms with van der Waals surface area (Å²) in [5, 5.41) is 3.38. The van der Waals surface area contributed by atoms with Crippen LogP contribution in [0, 0.1) is 0 Å². The third-order valence-corrected chi connectivity index (χ3v) is 0.558. The van der Waals surface area contributed by atoms with Gasteiger partial charge in [0.1, 0.15) is 13.3 Å². The first-order chi connectivity index (χ1) is 2.89. The standard InChI is InChI=1S/C3H4NO2/c5-3-1-6-2-4-3/h1-2H2. The Morgan fingerprint density at radius 2 is 2.67 bits per heavy atom. The van der Waals surface area contributed by atoms with E-state index in [0.29, 0.717) is 0 Å². The van der Waals surface area contributed by atoms with Crippen molar-refractivity contribution in [3.05, 3.63) is 0 Å². The molecule has 6 heavy (non-hydrogen) atoms. The van der Waals surface area contributed by atoms with E-state index in [-0.39, 0.29) is 19.2 Å². The lowest BCUT2D eigenvalue weighted by molar-refractivity contribution is -0.119. The maximum absolute atomic E-state index is 9.95. The van der Waals surface area contributed by atoms with E-state index in [1.165, 1.54) is 0 Å². The number of carbonyl (C=O) groups excluding carboxylic acids is 1. The molecular formula is C3H4NO2. The first-order valence-electron chi connectivity index (χ1n) is 1.67. The number of hydrogen-bond donors (Lipinski definition) is 0. The molecule has 0 unspecified atom stereocenters. The van der Waals surface area contributed by atoms with Crippen LogP contribution in [-0.4, -0.2) is 19.2 Å². The molecular weight excluding hydrogens is 82.0 g/mol. The van der Waals surface area contributed by atoms with Gasteiger partial charge in [-0.05, 0) is 0 Å². The van der Waals surface area contributed by atoms with E-state index in [9.17, 15) is 4.79 Å². The molecule has 1 aliphatic heterocycles. The second-order valence-electron chi connectivity index (χ2n) is 1.03. The van der Waals surface area contributed by atoms with Gasteiger partial charge < -0.3 is 4.74 Å². The average molecular weight is 86.1 g/mol. The monoisotopic (exact) mass is 86.0 g/mol. The smallest absolute Gasteiger partial charge is 0.269 e. The number of amides is 1. The minimum atomic E-state index is -0.144. The SMILES string of the molecule is O=C1COC[N]1. The molecule has 0 aromatic rings. The van der Waals surface area contributed by atoms with E-state index in [1.54, 1.807) is 0 Å². The molecule has 0 bridgehead atoms. The first kappa shape index (κ1) is 3.61. The normalized spacial score (nSPS) is 21.0. The summed E-state index contributed by atoms with van der Waals surface area (Å²) in [6.45, 7) is 0.443. The molecule has 1 saturated heterocycles. The third-order valence-electron chi connectivity index (χ3n) is 0.558. The lowest BCUT2D eigenvalue weighted by Gasteiger charge is -1.72. The summed E-state index contributed by atoms with van der Waals surface area (Å²) in [6.07, 6.45) is 0. The molecule has 3 nitrogen and oxygen atoms in total. The molecule has 0 aliphatic carbocycles. The van der Waals surface area contributed by atoms with E-state index in [1.807, 2.05) is 0 Å². The van der Waals surface area contributed by atoms with Gasteiger partial charge in [-0.3, -0.25) is 4.79 Å². The van der Waals surface area contributed by atoms with Gasteiger partial charge in [0.25, 0.3) is 5.91 Å². The fourth-order valence-corrected chi connectivity index (χ4v) is 0.296. The van der Waals surface area contributed by atoms with Crippen LogP contribution >= 0.6 is 0 Å². The molecule has 0 saturated carbocycles. The van der Waals surface area contributed by atoms with Crippen molar-refractivity contribution in [1.82, 2.24) is 5.32 Å². The lowest BCUT2D eigenvalue weighted by Crippen LogP contribution is -2.05. The lowest BCUT2D eigenvalue weighted by atomic mass is 10.7. The quantitative estimate of drug-likeness (QED) is 0.383. The van der Waals surface area contributed by atoms with Crippen molar-refractivity contribution in [2.24, 2.45) is 0 Å². The van der Waals surface area contributed by atoms with Crippen molar-refractivity contribution < 1.29 is 9.53 Å². The van der Waals surface area contributed by atoms with Crippen LogP contribution in [0.3, 0.4) is 0 Å². The maximum Gasteiger partial charge on any atom is 0.269 e. The van der Waals surface area contributed by atoms with Crippen LogP contribution in [0.2, 0.25) is 0 Å².